The summed E-state index contributed by atoms with van der Waals surface area (Å²) in [6.07, 6.45) is 0. The SMILES string of the molecule is C.Cc1ccc(C(=O)NCS(=O)OCCOS(=O)(=O)O)cc1. The molecule has 0 heterocycles. The van der Waals surface area contributed by atoms with E-state index in [4.69, 9.17) is 8.74 Å². The summed E-state index contributed by atoms with van der Waals surface area (Å²) in [5.74, 6) is -0.653. The molecule has 1 aromatic carbocycles. The second-order valence-corrected chi connectivity index (χ2v) is 6.11. The van der Waals surface area contributed by atoms with Crippen LogP contribution in [-0.2, 0) is 29.8 Å². The molecule has 0 aliphatic rings. The molecule has 22 heavy (non-hydrogen) atoms. The molecule has 0 spiro atoms. The normalized spacial score (nSPS) is 12.3. The summed E-state index contributed by atoms with van der Waals surface area (Å²) in [6, 6.07) is 6.81. The Morgan fingerprint density at radius 3 is 2.41 bits per heavy atom. The zero-order valence-electron chi connectivity index (χ0n) is 11.1. The van der Waals surface area contributed by atoms with Crippen molar-refractivity contribution in [2.45, 2.75) is 14.4 Å². The maximum atomic E-state index is 11.7. The van der Waals surface area contributed by atoms with E-state index < -0.39 is 34.0 Å². The maximum absolute atomic E-state index is 11.7. The molecule has 0 fully saturated rings. The van der Waals surface area contributed by atoms with Gasteiger partial charge in [0.25, 0.3) is 5.91 Å². The van der Waals surface area contributed by atoms with Crippen LogP contribution < -0.4 is 5.32 Å². The summed E-state index contributed by atoms with van der Waals surface area (Å²) in [4.78, 5) is 11.7. The third kappa shape index (κ3) is 8.85. The van der Waals surface area contributed by atoms with Crippen molar-refractivity contribution in [3.8, 4) is 0 Å². The zero-order chi connectivity index (χ0) is 15.9. The molecule has 1 aromatic rings. The van der Waals surface area contributed by atoms with Crippen molar-refractivity contribution in [3.63, 3.8) is 0 Å². The van der Waals surface area contributed by atoms with Gasteiger partial charge in [0.15, 0.2) is 11.1 Å². The topological polar surface area (TPSA) is 119 Å². The Morgan fingerprint density at radius 1 is 1.27 bits per heavy atom. The Labute approximate surface area is 132 Å². The van der Waals surface area contributed by atoms with Gasteiger partial charge in [-0.3, -0.25) is 13.5 Å². The van der Waals surface area contributed by atoms with Crippen LogP contribution in [0.1, 0.15) is 23.3 Å². The van der Waals surface area contributed by atoms with Crippen molar-refractivity contribution in [1.82, 2.24) is 5.32 Å². The van der Waals surface area contributed by atoms with E-state index in [2.05, 4.69) is 9.50 Å². The first kappa shape index (κ1) is 20.7. The summed E-state index contributed by atoms with van der Waals surface area (Å²) >= 11 is -1.84. The van der Waals surface area contributed by atoms with E-state index in [-0.39, 0.29) is 19.9 Å². The van der Waals surface area contributed by atoms with Gasteiger partial charge in [-0.05, 0) is 19.1 Å². The van der Waals surface area contributed by atoms with Crippen LogP contribution >= 0.6 is 0 Å². The van der Waals surface area contributed by atoms with Crippen LogP contribution in [0.2, 0.25) is 0 Å². The Bertz CT molecular complexity index is 598. The van der Waals surface area contributed by atoms with Gasteiger partial charge in [-0.15, -0.1) is 0 Å². The third-order valence-corrected chi connectivity index (χ3v) is 3.47. The molecule has 0 aromatic heterocycles. The maximum Gasteiger partial charge on any atom is 0.397 e. The molecule has 1 amide bonds. The van der Waals surface area contributed by atoms with Gasteiger partial charge in [0.1, 0.15) is 5.88 Å². The molecule has 126 valence electrons. The number of hydrogen-bond acceptors (Lipinski definition) is 6. The van der Waals surface area contributed by atoms with Crippen LogP contribution in [0.3, 0.4) is 0 Å². The molecule has 10 heteroatoms. The third-order valence-electron chi connectivity index (χ3n) is 2.19. The molecule has 0 aliphatic carbocycles. The first-order valence-corrected chi connectivity index (χ1v) is 8.37. The summed E-state index contributed by atoms with van der Waals surface area (Å²) in [7, 11) is -4.54. The lowest BCUT2D eigenvalue weighted by atomic mass is 10.1. The van der Waals surface area contributed by atoms with E-state index in [1.165, 1.54) is 0 Å². The van der Waals surface area contributed by atoms with Gasteiger partial charge < -0.3 is 5.32 Å². The van der Waals surface area contributed by atoms with Gasteiger partial charge in [-0.2, -0.15) is 8.42 Å². The molecule has 0 saturated carbocycles. The molecule has 0 radical (unpaired) electrons. The summed E-state index contributed by atoms with van der Waals surface area (Å²) in [6.45, 7) is 1.10. The second kappa shape index (κ2) is 9.64. The van der Waals surface area contributed by atoms with Crippen LogP contribution in [0.15, 0.2) is 24.3 Å². The minimum Gasteiger partial charge on any atom is -0.338 e. The van der Waals surface area contributed by atoms with Gasteiger partial charge >= 0.3 is 10.4 Å². The van der Waals surface area contributed by atoms with Crippen molar-refractivity contribution in [2.75, 3.05) is 19.1 Å². The fraction of sp³-hybridized carbons (Fsp3) is 0.417. The predicted octanol–water partition coefficient (Wildman–Crippen LogP) is 0.818. The largest absolute Gasteiger partial charge is 0.397 e. The number of nitrogens with one attached hydrogen (secondary N) is 1. The number of hydrogen-bond donors (Lipinski definition) is 2. The number of rotatable bonds is 8. The van der Waals surface area contributed by atoms with E-state index in [1.54, 1.807) is 24.3 Å². The first-order valence-electron chi connectivity index (χ1n) is 5.76. The Kier molecular flexibility index (Phi) is 9.06. The lowest BCUT2D eigenvalue weighted by Gasteiger charge is -2.06. The molecule has 1 rings (SSSR count). The van der Waals surface area contributed by atoms with Crippen LogP contribution in [-0.4, -0.2) is 42.2 Å². The highest BCUT2D eigenvalue weighted by Crippen LogP contribution is 2.02. The first-order chi connectivity index (χ1) is 9.78. The monoisotopic (exact) mass is 353 g/mol. The average molecular weight is 353 g/mol. The van der Waals surface area contributed by atoms with Gasteiger partial charge in [0.05, 0.1) is 13.2 Å². The van der Waals surface area contributed by atoms with E-state index in [9.17, 15) is 17.4 Å². The number of carbonyl (C=O) groups excluding carboxylic acids is 1. The van der Waals surface area contributed by atoms with E-state index in [0.717, 1.165) is 5.56 Å². The smallest absolute Gasteiger partial charge is 0.338 e. The van der Waals surface area contributed by atoms with Crippen LogP contribution in [0.5, 0.6) is 0 Å². The minimum absolute atomic E-state index is 0. The van der Waals surface area contributed by atoms with Crippen LogP contribution in [0, 0.1) is 6.92 Å². The molecule has 0 aliphatic heterocycles. The molecule has 0 saturated heterocycles. The Balaban J connectivity index is 0.00000441. The molecule has 2 N–H and O–H groups in total. The number of aryl methyl sites for hydroxylation is 1. The average Bonchev–Trinajstić information content (AvgIpc) is 2.41. The van der Waals surface area contributed by atoms with Gasteiger partial charge in [-0.1, -0.05) is 25.1 Å². The molecule has 1 unspecified atom stereocenters. The van der Waals surface area contributed by atoms with E-state index in [1.807, 2.05) is 6.92 Å². The van der Waals surface area contributed by atoms with Crippen LogP contribution in [0.25, 0.3) is 0 Å². The highest BCUT2D eigenvalue weighted by atomic mass is 32.3. The van der Waals surface area contributed by atoms with Crippen LogP contribution in [0.4, 0.5) is 0 Å². The van der Waals surface area contributed by atoms with E-state index >= 15 is 0 Å². The predicted molar refractivity (Wildman–Crippen MR) is 81.8 cm³/mol. The van der Waals surface area contributed by atoms with Crippen molar-refractivity contribution < 1.29 is 30.3 Å². The Hall–Kier alpha value is -1.33. The Morgan fingerprint density at radius 2 is 1.86 bits per heavy atom. The molecule has 1 atom stereocenters. The van der Waals surface area contributed by atoms with Crippen molar-refractivity contribution in [3.05, 3.63) is 35.4 Å². The fourth-order valence-electron chi connectivity index (χ4n) is 1.24. The summed E-state index contributed by atoms with van der Waals surface area (Å²) in [5.41, 5.74) is 1.43. The van der Waals surface area contributed by atoms with Gasteiger partial charge in [0, 0.05) is 5.56 Å². The van der Waals surface area contributed by atoms with Crippen molar-refractivity contribution in [2.24, 2.45) is 0 Å². The van der Waals surface area contributed by atoms with Crippen molar-refractivity contribution >= 4 is 27.4 Å². The standard InChI is InChI=1S/C11H15NO7S2.CH4/c1-9-2-4-10(5-3-9)11(13)12-8-20(14)18-6-7-19-21(15,16)17;/h2-5H,6-8H2,1H3,(H,12,13)(H,15,16,17);1H4. The van der Waals surface area contributed by atoms with Gasteiger partial charge in [-0.25, -0.2) is 8.39 Å². The highest BCUT2D eigenvalue weighted by molar-refractivity contribution is 7.81. The molecule has 8 nitrogen and oxygen atoms in total. The number of benzene rings is 1. The molecular formula is C12H19NO7S2. The summed E-state index contributed by atoms with van der Waals surface area (Å²) < 4.78 is 48.7. The minimum atomic E-state index is -4.54. The van der Waals surface area contributed by atoms with Gasteiger partial charge in [0.2, 0.25) is 0 Å². The quantitative estimate of drug-likeness (QED) is 0.524. The van der Waals surface area contributed by atoms with E-state index in [0.29, 0.717) is 5.56 Å². The second-order valence-electron chi connectivity index (χ2n) is 3.89. The van der Waals surface area contributed by atoms with Crippen molar-refractivity contribution in [1.29, 1.82) is 0 Å². The summed E-state index contributed by atoms with van der Waals surface area (Å²) in [5, 5.41) is 2.40. The number of carbonyl (C=O) groups is 1. The fourth-order valence-corrected chi connectivity index (χ4v) is 2.10. The molecular weight excluding hydrogens is 334 g/mol. The zero-order valence-corrected chi connectivity index (χ0v) is 12.8. The number of amides is 1. The molecule has 0 bridgehead atoms. The lowest BCUT2D eigenvalue weighted by Crippen LogP contribution is -2.28. The highest BCUT2D eigenvalue weighted by Gasteiger charge is 2.08. The lowest BCUT2D eigenvalue weighted by molar-refractivity contribution is 0.0959.